The fourth-order valence-electron chi connectivity index (χ4n) is 2.12. The molecule has 0 aliphatic carbocycles. The highest BCUT2D eigenvalue weighted by Crippen LogP contribution is 2.21. The standard InChI is InChI=1S/C12H14Br2N2O/c13-6-11-3-1-2-4-16(11)12(17)9-5-10(14)8-15-7-9/h5,7-8,11H,1-4,6H2. The Morgan fingerprint density at radius 2 is 2.29 bits per heavy atom. The predicted octanol–water partition coefficient (Wildman–Crippen LogP) is 3.23. The molecule has 1 amide bonds. The van der Waals surface area contributed by atoms with Crippen LogP contribution in [-0.2, 0) is 0 Å². The number of alkyl halides is 1. The number of carbonyl (C=O) groups excluding carboxylic acids is 1. The summed E-state index contributed by atoms with van der Waals surface area (Å²) in [6, 6.07) is 2.14. The van der Waals surface area contributed by atoms with Crippen molar-refractivity contribution < 1.29 is 4.79 Å². The molecule has 0 N–H and O–H groups in total. The number of amides is 1. The quantitative estimate of drug-likeness (QED) is 0.757. The van der Waals surface area contributed by atoms with Crippen molar-refractivity contribution in [2.45, 2.75) is 25.3 Å². The van der Waals surface area contributed by atoms with Gasteiger partial charge in [0.05, 0.1) is 5.56 Å². The maximum atomic E-state index is 12.4. The highest BCUT2D eigenvalue weighted by atomic mass is 79.9. The lowest BCUT2D eigenvalue weighted by Crippen LogP contribution is -2.44. The number of rotatable bonds is 2. The van der Waals surface area contributed by atoms with E-state index in [1.165, 1.54) is 6.42 Å². The van der Waals surface area contributed by atoms with Crippen molar-refractivity contribution in [3.63, 3.8) is 0 Å². The predicted molar refractivity (Wildman–Crippen MR) is 74.4 cm³/mol. The van der Waals surface area contributed by atoms with Crippen molar-refractivity contribution in [3.05, 3.63) is 28.5 Å². The fourth-order valence-corrected chi connectivity index (χ4v) is 3.16. The summed E-state index contributed by atoms with van der Waals surface area (Å²) in [6.45, 7) is 0.849. The highest BCUT2D eigenvalue weighted by molar-refractivity contribution is 9.10. The number of aromatic nitrogens is 1. The SMILES string of the molecule is O=C(c1cncc(Br)c1)N1CCCCC1CBr. The second-order valence-electron chi connectivity index (χ2n) is 4.19. The molecule has 1 aliphatic rings. The molecule has 3 nitrogen and oxygen atoms in total. The Labute approximate surface area is 118 Å². The molecule has 1 aromatic heterocycles. The molecule has 0 spiro atoms. The van der Waals surface area contributed by atoms with E-state index in [0.717, 1.165) is 29.2 Å². The first-order valence-corrected chi connectivity index (χ1v) is 7.61. The third kappa shape index (κ3) is 3.07. The molecule has 2 heterocycles. The van der Waals surface area contributed by atoms with Crippen molar-refractivity contribution in [1.82, 2.24) is 9.88 Å². The Morgan fingerprint density at radius 1 is 1.47 bits per heavy atom. The maximum Gasteiger partial charge on any atom is 0.255 e. The van der Waals surface area contributed by atoms with E-state index < -0.39 is 0 Å². The van der Waals surface area contributed by atoms with Crippen molar-refractivity contribution in [2.75, 3.05) is 11.9 Å². The van der Waals surface area contributed by atoms with Crippen molar-refractivity contribution in [3.8, 4) is 0 Å². The molecule has 0 radical (unpaired) electrons. The van der Waals surface area contributed by atoms with Gasteiger partial charge in [-0.15, -0.1) is 0 Å². The normalized spacial score (nSPS) is 20.4. The minimum absolute atomic E-state index is 0.0861. The van der Waals surface area contributed by atoms with E-state index in [4.69, 9.17) is 0 Å². The van der Waals surface area contributed by atoms with Gasteiger partial charge in [0.25, 0.3) is 5.91 Å². The molecule has 17 heavy (non-hydrogen) atoms. The van der Waals surface area contributed by atoms with E-state index >= 15 is 0 Å². The minimum Gasteiger partial charge on any atom is -0.335 e. The van der Waals surface area contributed by atoms with Gasteiger partial charge in [-0.3, -0.25) is 9.78 Å². The molecule has 1 aliphatic heterocycles. The van der Waals surface area contributed by atoms with Gasteiger partial charge in [0.2, 0.25) is 0 Å². The molecular formula is C12H14Br2N2O. The van der Waals surface area contributed by atoms with Crippen molar-refractivity contribution >= 4 is 37.8 Å². The number of piperidine rings is 1. The van der Waals surface area contributed by atoms with Crippen molar-refractivity contribution in [2.24, 2.45) is 0 Å². The van der Waals surface area contributed by atoms with E-state index in [1.54, 1.807) is 12.4 Å². The number of halogens is 2. The van der Waals surface area contributed by atoms with E-state index in [-0.39, 0.29) is 5.91 Å². The number of nitrogens with zero attached hydrogens (tertiary/aromatic N) is 2. The molecule has 1 aromatic rings. The smallest absolute Gasteiger partial charge is 0.255 e. The highest BCUT2D eigenvalue weighted by Gasteiger charge is 2.26. The number of hydrogen-bond donors (Lipinski definition) is 0. The van der Waals surface area contributed by atoms with Crippen LogP contribution in [0.3, 0.4) is 0 Å². The van der Waals surface area contributed by atoms with Gasteiger partial charge in [-0.1, -0.05) is 15.9 Å². The van der Waals surface area contributed by atoms with Crippen LogP contribution in [0.2, 0.25) is 0 Å². The zero-order valence-electron chi connectivity index (χ0n) is 9.40. The van der Waals surface area contributed by atoms with Crippen LogP contribution < -0.4 is 0 Å². The molecule has 92 valence electrons. The van der Waals surface area contributed by atoms with Crippen LogP contribution in [0.4, 0.5) is 0 Å². The first-order valence-electron chi connectivity index (χ1n) is 5.70. The van der Waals surface area contributed by atoms with E-state index in [0.29, 0.717) is 11.6 Å². The van der Waals surface area contributed by atoms with Crippen LogP contribution in [0.1, 0.15) is 29.6 Å². The van der Waals surface area contributed by atoms with Crippen LogP contribution in [0.25, 0.3) is 0 Å². The third-order valence-corrected chi connectivity index (χ3v) is 4.20. The summed E-state index contributed by atoms with van der Waals surface area (Å²) in [5.41, 5.74) is 0.659. The zero-order chi connectivity index (χ0) is 12.3. The van der Waals surface area contributed by atoms with Crippen LogP contribution in [0.15, 0.2) is 22.9 Å². The molecule has 0 bridgehead atoms. The minimum atomic E-state index is 0.0861. The first-order chi connectivity index (χ1) is 8.22. The third-order valence-electron chi connectivity index (χ3n) is 3.02. The molecule has 1 saturated heterocycles. The van der Waals surface area contributed by atoms with E-state index in [2.05, 4.69) is 36.8 Å². The number of carbonyl (C=O) groups is 1. The zero-order valence-corrected chi connectivity index (χ0v) is 12.6. The maximum absolute atomic E-state index is 12.4. The van der Waals surface area contributed by atoms with Gasteiger partial charge in [-0.2, -0.15) is 0 Å². The summed E-state index contributed by atoms with van der Waals surface area (Å²) in [6.07, 6.45) is 6.70. The summed E-state index contributed by atoms with van der Waals surface area (Å²) >= 11 is 6.83. The van der Waals surface area contributed by atoms with Gasteiger partial charge >= 0.3 is 0 Å². The van der Waals surface area contributed by atoms with Gasteiger partial charge in [-0.25, -0.2) is 0 Å². The number of likely N-dealkylation sites (tertiary alicyclic amines) is 1. The average Bonchev–Trinajstić information content (AvgIpc) is 2.38. The largest absolute Gasteiger partial charge is 0.335 e. The Hall–Kier alpha value is -0.420. The Kier molecular flexibility index (Phi) is 4.56. The molecule has 1 atom stereocenters. The van der Waals surface area contributed by atoms with Gasteiger partial charge < -0.3 is 4.90 Å². The lowest BCUT2D eigenvalue weighted by molar-refractivity contribution is 0.0641. The summed E-state index contributed by atoms with van der Waals surface area (Å²) in [7, 11) is 0. The number of hydrogen-bond acceptors (Lipinski definition) is 2. The molecule has 1 unspecified atom stereocenters. The molecule has 0 aromatic carbocycles. The van der Waals surface area contributed by atoms with Gasteiger partial charge in [0.15, 0.2) is 0 Å². The fraction of sp³-hybridized carbons (Fsp3) is 0.500. The van der Waals surface area contributed by atoms with E-state index in [9.17, 15) is 4.79 Å². The number of pyridine rings is 1. The van der Waals surface area contributed by atoms with Crippen LogP contribution in [0.5, 0.6) is 0 Å². The van der Waals surface area contributed by atoms with Crippen LogP contribution in [0, 0.1) is 0 Å². The van der Waals surface area contributed by atoms with Gasteiger partial charge in [0.1, 0.15) is 0 Å². The monoisotopic (exact) mass is 360 g/mol. The summed E-state index contributed by atoms with van der Waals surface area (Å²) in [5, 5.41) is 0.847. The second kappa shape index (κ2) is 5.96. The summed E-state index contributed by atoms with van der Waals surface area (Å²) in [4.78, 5) is 18.4. The molecular weight excluding hydrogens is 348 g/mol. The van der Waals surface area contributed by atoms with Gasteiger partial charge in [-0.05, 0) is 41.3 Å². The first kappa shape index (κ1) is 13.0. The molecule has 2 rings (SSSR count). The summed E-state index contributed by atoms with van der Waals surface area (Å²) < 4.78 is 0.843. The lowest BCUT2D eigenvalue weighted by Gasteiger charge is -2.34. The topological polar surface area (TPSA) is 33.2 Å². The lowest BCUT2D eigenvalue weighted by atomic mass is 10.0. The molecule has 1 fully saturated rings. The van der Waals surface area contributed by atoms with Crippen LogP contribution in [-0.4, -0.2) is 33.7 Å². The second-order valence-corrected chi connectivity index (χ2v) is 5.76. The van der Waals surface area contributed by atoms with E-state index in [1.807, 2.05) is 11.0 Å². The van der Waals surface area contributed by atoms with Crippen LogP contribution >= 0.6 is 31.9 Å². The Bertz CT molecular complexity index is 411. The average molecular weight is 362 g/mol. The Morgan fingerprint density at radius 3 is 3.00 bits per heavy atom. The molecule has 5 heteroatoms. The van der Waals surface area contributed by atoms with Gasteiger partial charge in [0, 0.05) is 34.8 Å². The van der Waals surface area contributed by atoms with Crippen molar-refractivity contribution in [1.29, 1.82) is 0 Å². The molecule has 0 saturated carbocycles. The Balaban J connectivity index is 2.18. The summed E-state index contributed by atoms with van der Waals surface area (Å²) in [5.74, 6) is 0.0861.